The molecule has 1 spiro atoms. The van der Waals surface area contributed by atoms with Gasteiger partial charge in [-0.05, 0) is 54.5 Å². The topological polar surface area (TPSA) is 35.8 Å². The molecule has 2 saturated heterocycles. The summed E-state index contributed by atoms with van der Waals surface area (Å²) in [6.07, 6.45) is 9.96. The zero-order chi connectivity index (χ0) is 17.4. The van der Waals surface area contributed by atoms with Gasteiger partial charge in [-0.2, -0.15) is 0 Å². The fraction of sp³-hybridized carbons (Fsp3) is 0.810. The molecule has 0 N–H and O–H groups in total. The van der Waals surface area contributed by atoms with Crippen LogP contribution in [-0.4, -0.2) is 55.0 Å². The predicted molar refractivity (Wildman–Crippen MR) is 102 cm³/mol. The summed E-state index contributed by atoms with van der Waals surface area (Å²) in [6.45, 7) is 11.0. The van der Waals surface area contributed by atoms with E-state index in [0.29, 0.717) is 17.4 Å². The average molecular weight is 346 g/mol. The van der Waals surface area contributed by atoms with Crippen LogP contribution in [0, 0.1) is 11.3 Å². The summed E-state index contributed by atoms with van der Waals surface area (Å²) in [5, 5.41) is 0. The van der Waals surface area contributed by atoms with Gasteiger partial charge in [-0.25, -0.2) is 0 Å². The van der Waals surface area contributed by atoms with Crippen molar-refractivity contribution in [3.63, 3.8) is 0 Å². The Balaban J connectivity index is 1.25. The maximum absolute atomic E-state index is 6.23. The lowest BCUT2D eigenvalue weighted by Gasteiger charge is -2.56. The normalized spacial score (nSPS) is 27.9. The summed E-state index contributed by atoms with van der Waals surface area (Å²) in [6, 6.07) is 0.777. The average Bonchev–Trinajstić information content (AvgIpc) is 2.95. The van der Waals surface area contributed by atoms with E-state index in [9.17, 15) is 0 Å². The zero-order valence-electron chi connectivity index (χ0n) is 16.1. The van der Waals surface area contributed by atoms with Crippen LogP contribution in [0.2, 0.25) is 0 Å². The minimum absolute atomic E-state index is 0.358. The van der Waals surface area contributed by atoms with Gasteiger partial charge < -0.3 is 9.47 Å². The van der Waals surface area contributed by atoms with Crippen LogP contribution in [0.25, 0.3) is 0 Å². The van der Waals surface area contributed by atoms with Crippen LogP contribution in [0.5, 0.6) is 0 Å². The molecule has 138 valence electrons. The van der Waals surface area contributed by atoms with E-state index < -0.39 is 0 Å². The lowest BCUT2D eigenvalue weighted by atomic mass is 9.67. The minimum Gasteiger partial charge on any atom is -0.429 e. The molecule has 0 bridgehead atoms. The van der Waals surface area contributed by atoms with E-state index in [4.69, 9.17) is 9.47 Å². The smallest absolute Gasteiger partial charge is 0.429 e. The Bertz CT molecular complexity index is 593. The lowest BCUT2D eigenvalue weighted by molar-refractivity contribution is -0.0925. The first-order valence-electron chi connectivity index (χ1n) is 10.2. The van der Waals surface area contributed by atoms with Crippen LogP contribution in [0.4, 0.5) is 0 Å². The van der Waals surface area contributed by atoms with E-state index in [-0.39, 0.29) is 0 Å². The van der Waals surface area contributed by atoms with E-state index in [0.717, 1.165) is 30.9 Å². The van der Waals surface area contributed by atoms with Crippen molar-refractivity contribution >= 4 is 11.6 Å². The fourth-order valence-electron chi connectivity index (χ4n) is 5.08. The molecule has 1 saturated carbocycles. The Morgan fingerprint density at radius 2 is 1.84 bits per heavy atom. The molecule has 3 fully saturated rings. The van der Waals surface area contributed by atoms with Crippen molar-refractivity contribution in [2.24, 2.45) is 11.3 Å². The van der Waals surface area contributed by atoms with E-state index in [1.54, 1.807) is 0 Å². The number of hydrogen-bond acceptors (Lipinski definition) is 3. The second-order valence-corrected chi connectivity index (χ2v) is 8.86. The Morgan fingerprint density at radius 1 is 1.16 bits per heavy atom. The summed E-state index contributed by atoms with van der Waals surface area (Å²) >= 11 is 0. The van der Waals surface area contributed by atoms with Crippen LogP contribution in [0.1, 0.15) is 59.3 Å². The summed E-state index contributed by atoms with van der Waals surface area (Å²) in [7, 11) is 0. The summed E-state index contributed by atoms with van der Waals surface area (Å²) in [5.74, 6) is 1.37. The molecule has 4 aliphatic rings. The van der Waals surface area contributed by atoms with Gasteiger partial charge in [-0.3, -0.25) is 4.90 Å². The first-order chi connectivity index (χ1) is 12.0. The third-order valence-corrected chi connectivity index (χ3v) is 6.66. The molecule has 0 aromatic heterocycles. The molecule has 0 atom stereocenters. The molecule has 3 aliphatic heterocycles. The summed E-state index contributed by atoms with van der Waals surface area (Å²) < 4.78 is 16.4. The Hall–Kier alpha value is -1.09. The van der Waals surface area contributed by atoms with Gasteiger partial charge in [-0.15, -0.1) is 0 Å². The van der Waals surface area contributed by atoms with Crippen molar-refractivity contribution in [3.05, 3.63) is 11.6 Å². The van der Waals surface area contributed by atoms with Crippen LogP contribution in [0.3, 0.4) is 0 Å². The zero-order valence-corrected chi connectivity index (χ0v) is 16.1. The number of rotatable bonds is 3. The molecule has 0 aromatic rings. The van der Waals surface area contributed by atoms with Crippen LogP contribution >= 0.6 is 0 Å². The second kappa shape index (κ2) is 6.90. The Kier molecular flexibility index (Phi) is 4.79. The highest BCUT2D eigenvalue weighted by atomic mass is 16.5. The van der Waals surface area contributed by atoms with Crippen molar-refractivity contribution in [1.82, 2.24) is 9.57 Å². The van der Waals surface area contributed by atoms with Gasteiger partial charge in [0.1, 0.15) is 6.10 Å². The number of hydrogen-bond donors (Lipinski definition) is 0. The SMILES string of the molecule is CC1=[N+]=C(OC2CCC3(CC2)CN(C2CCOCC2)C3)C=C1C(C)C. The van der Waals surface area contributed by atoms with Gasteiger partial charge in [0.2, 0.25) is 0 Å². The van der Waals surface area contributed by atoms with Crippen molar-refractivity contribution in [2.75, 3.05) is 26.3 Å². The van der Waals surface area contributed by atoms with Crippen LogP contribution < -0.4 is 4.67 Å². The number of likely N-dealkylation sites (tertiary alicyclic amines) is 1. The summed E-state index contributed by atoms with van der Waals surface area (Å²) in [4.78, 5) is 2.71. The molecule has 0 radical (unpaired) electrons. The molecule has 0 amide bonds. The maximum Gasteiger partial charge on any atom is 0.488 e. The van der Waals surface area contributed by atoms with Crippen molar-refractivity contribution in [2.45, 2.75) is 71.4 Å². The molecular formula is C21H33N2O2+. The van der Waals surface area contributed by atoms with E-state index in [1.165, 1.54) is 57.2 Å². The van der Waals surface area contributed by atoms with Gasteiger partial charge >= 0.3 is 11.6 Å². The molecule has 0 aromatic carbocycles. The molecule has 25 heavy (non-hydrogen) atoms. The third-order valence-electron chi connectivity index (χ3n) is 6.66. The molecular weight excluding hydrogens is 312 g/mol. The molecule has 4 rings (SSSR count). The Morgan fingerprint density at radius 3 is 2.44 bits per heavy atom. The lowest BCUT2D eigenvalue weighted by Crippen LogP contribution is -2.61. The van der Waals surface area contributed by atoms with Gasteiger partial charge in [0, 0.05) is 39.3 Å². The highest BCUT2D eigenvalue weighted by Crippen LogP contribution is 2.46. The largest absolute Gasteiger partial charge is 0.488 e. The number of allylic oxidation sites excluding steroid dienone is 1. The molecule has 4 heteroatoms. The second-order valence-electron chi connectivity index (χ2n) is 8.86. The Labute approximate surface area is 152 Å². The van der Waals surface area contributed by atoms with E-state index in [1.807, 2.05) is 0 Å². The standard InChI is InChI=1S/C21H33N2O2/c1-15(2)19-12-20(22-16(19)3)25-18-4-8-21(9-5-18)13-23(14-21)17-6-10-24-11-7-17/h12,15,17-18H,4-11,13-14H2,1-3H3/q+1. The van der Waals surface area contributed by atoms with Gasteiger partial charge in [0.05, 0.1) is 11.6 Å². The first kappa shape index (κ1) is 17.3. The van der Waals surface area contributed by atoms with Crippen molar-refractivity contribution < 1.29 is 9.47 Å². The molecule has 4 nitrogen and oxygen atoms in total. The highest BCUT2D eigenvalue weighted by Gasteiger charge is 2.47. The monoisotopic (exact) mass is 345 g/mol. The van der Waals surface area contributed by atoms with Crippen LogP contribution in [-0.2, 0) is 9.47 Å². The number of ether oxygens (including phenoxy) is 2. The minimum atomic E-state index is 0.358. The van der Waals surface area contributed by atoms with Crippen molar-refractivity contribution in [1.29, 1.82) is 0 Å². The van der Waals surface area contributed by atoms with Gasteiger partial charge in [0.15, 0.2) is 0 Å². The van der Waals surface area contributed by atoms with Gasteiger partial charge in [-0.1, -0.05) is 13.8 Å². The highest BCUT2D eigenvalue weighted by molar-refractivity contribution is 6.10. The van der Waals surface area contributed by atoms with E-state index >= 15 is 0 Å². The number of nitrogens with zero attached hydrogens (tertiary/aromatic N) is 2. The van der Waals surface area contributed by atoms with Crippen molar-refractivity contribution in [3.8, 4) is 0 Å². The summed E-state index contributed by atoms with van der Waals surface area (Å²) in [5.41, 5.74) is 3.04. The van der Waals surface area contributed by atoms with E-state index in [2.05, 4.69) is 36.4 Å². The molecule has 3 heterocycles. The quantitative estimate of drug-likeness (QED) is 0.738. The fourth-order valence-corrected chi connectivity index (χ4v) is 5.08. The van der Waals surface area contributed by atoms with Gasteiger partial charge in [0.25, 0.3) is 0 Å². The third kappa shape index (κ3) is 3.58. The maximum atomic E-state index is 6.23. The molecule has 0 unspecified atom stereocenters. The molecule has 1 aliphatic carbocycles. The van der Waals surface area contributed by atoms with Crippen LogP contribution in [0.15, 0.2) is 11.6 Å². The first-order valence-corrected chi connectivity index (χ1v) is 10.2. The predicted octanol–water partition coefficient (Wildman–Crippen LogP) is 2.95.